The Morgan fingerprint density at radius 2 is 1.70 bits per heavy atom. The van der Waals surface area contributed by atoms with Crippen LogP contribution in [0.5, 0.6) is 0 Å². The monoisotopic (exact) mass is 294 g/mol. The Bertz CT molecular complexity index is 381. The van der Waals surface area contributed by atoms with Crippen LogP contribution >= 0.6 is 11.8 Å². The van der Waals surface area contributed by atoms with E-state index in [1.165, 1.54) is 16.9 Å². The first-order valence-electron chi connectivity index (χ1n) is 7.34. The van der Waals surface area contributed by atoms with Crippen LogP contribution in [0.25, 0.3) is 0 Å². The van der Waals surface area contributed by atoms with Gasteiger partial charge in [-0.3, -0.25) is 4.90 Å². The Morgan fingerprint density at radius 3 is 2.20 bits per heavy atom. The molecule has 1 aromatic rings. The Labute approximate surface area is 129 Å². The third-order valence-electron chi connectivity index (χ3n) is 3.44. The van der Waals surface area contributed by atoms with Gasteiger partial charge in [0.15, 0.2) is 0 Å². The zero-order chi connectivity index (χ0) is 15.2. The molecule has 1 atom stereocenters. The van der Waals surface area contributed by atoms with Gasteiger partial charge in [-0.05, 0) is 52.1 Å². The third kappa shape index (κ3) is 6.78. The topological polar surface area (TPSA) is 15.3 Å². The fraction of sp³-hybridized carbons (Fsp3) is 0.647. The average molecular weight is 295 g/mol. The number of thioether (sulfide) groups is 1. The van der Waals surface area contributed by atoms with Crippen LogP contribution in [0, 0.1) is 0 Å². The summed E-state index contributed by atoms with van der Waals surface area (Å²) in [7, 11) is 2.20. The van der Waals surface area contributed by atoms with Crippen molar-refractivity contribution in [3.05, 3.63) is 35.4 Å². The normalized spacial score (nSPS) is 13.8. The van der Waals surface area contributed by atoms with Crippen molar-refractivity contribution in [3.8, 4) is 0 Å². The predicted molar refractivity (Wildman–Crippen MR) is 92.3 cm³/mol. The summed E-state index contributed by atoms with van der Waals surface area (Å²) in [6.45, 7) is 10.8. The molecular weight excluding hydrogens is 264 g/mol. The molecule has 0 aliphatic heterocycles. The van der Waals surface area contributed by atoms with Crippen LogP contribution in [-0.2, 0) is 13.1 Å². The molecule has 2 nitrogen and oxygen atoms in total. The van der Waals surface area contributed by atoms with Crippen LogP contribution in [0.1, 0.15) is 38.8 Å². The molecule has 114 valence electrons. The van der Waals surface area contributed by atoms with Gasteiger partial charge in [-0.15, -0.1) is 0 Å². The van der Waals surface area contributed by atoms with Crippen molar-refractivity contribution in [1.29, 1.82) is 0 Å². The van der Waals surface area contributed by atoms with Crippen LogP contribution in [0.2, 0.25) is 0 Å². The first-order chi connectivity index (χ1) is 9.31. The Morgan fingerprint density at radius 1 is 1.15 bits per heavy atom. The zero-order valence-electron chi connectivity index (χ0n) is 13.9. The Balaban J connectivity index is 2.50. The van der Waals surface area contributed by atoms with E-state index in [9.17, 15) is 0 Å². The second-order valence-corrected chi connectivity index (χ2v) is 7.55. The molecule has 0 aromatic heterocycles. The van der Waals surface area contributed by atoms with E-state index in [4.69, 9.17) is 0 Å². The lowest BCUT2D eigenvalue weighted by atomic mass is 10.1. The molecule has 0 bridgehead atoms. The lowest BCUT2D eigenvalue weighted by molar-refractivity contribution is 0.269. The van der Waals surface area contributed by atoms with E-state index in [2.05, 4.69) is 75.5 Å². The van der Waals surface area contributed by atoms with Crippen molar-refractivity contribution in [2.75, 3.05) is 19.1 Å². The molecular formula is C17H30N2S. The van der Waals surface area contributed by atoms with Crippen molar-refractivity contribution >= 4 is 11.8 Å². The molecule has 1 unspecified atom stereocenters. The van der Waals surface area contributed by atoms with Gasteiger partial charge >= 0.3 is 0 Å². The highest BCUT2D eigenvalue weighted by Gasteiger charge is 2.10. The maximum Gasteiger partial charge on any atom is 0.0233 e. The lowest BCUT2D eigenvalue weighted by Crippen LogP contribution is -2.35. The largest absolute Gasteiger partial charge is 0.308 e. The summed E-state index contributed by atoms with van der Waals surface area (Å²) in [5, 5.41) is 3.52. The maximum atomic E-state index is 3.52. The summed E-state index contributed by atoms with van der Waals surface area (Å²) >= 11 is 1.91. The summed E-state index contributed by atoms with van der Waals surface area (Å²) in [5.74, 6) is 1.18. The molecule has 1 N–H and O–H groups in total. The van der Waals surface area contributed by atoms with Crippen molar-refractivity contribution < 1.29 is 0 Å². The van der Waals surface area contributed by atoms with Crippen molar-refractivity contribution in [1.82, 2.24) is 10.2 Å². The van der Waals surface area contributed by atoms with Gasteiger partial charge in [0.2, 0.25) is 0 Å². The molecule has 0 aliphatic carbocycles. The molecule has 0 heterocycles. The molecule has 3 heteroatoms. The summed E-state index contributed by atoms with van der Waals surface area (Å²) in [6.07, 6.45) is 2.17. The minimum atomic E-state index is 0.173. The summed E-state index contributed by atoms with van der Waals surface area (Å²) < 4.78 is 0. The summed E-state index contributed by atoms with van der Waals surface area (Å²) in [5.41, 5.74) is 2.91. The smallest absolute Gasteiger partial charge is 0.0233 e. The SMILES string of the molecule is CSCC(C)N(C)Cc1ccc(CNC(C)(C)C)cc1. The van der Waals surface area contributed by atoms with Crippen LogP contribution < -0.4 is 5.32 Å². The first-order valence-corrected chi connectivity index (χ1v) is 8.73. The van der Waals surface area contributed by atoms with E-state index in [1.54, 1.807) is 0 Å². The van der Waals surface area contributed by atoms with Gasteiger partial charge in [0.1, 0.15) is 0 Å². The number of nitrogens with one attached hydrogen (secondary N) is 1. The average Bonchev–Trinajstić information content (AvgIpc) is 2.37. The van der Waals surface area contributed by atoms with E-state index in [0.29, 0.717) is 6.04 Å². The fourth-order valence-corrected chi connectivity index (χ4v) is 2.68. The van der Waals surface area contributed by atoms with E-state index in [1.807, 2.05) is 11.8 Å². The van der Waals surface area contributed by atoms with E-state index < -0.39 is 0 Å². The van der Waals surface area contributed by atoms with Crippen molar-refractivity contribution in [2.24, 2.45) is 0 Å². The standard InChI is InChI=1S/C17H30N2S/c1-14(13-20-6)19(5)12-16-9-7-15(8-10-16)11-18-17(2,3)4/h7-10,14,18H,11-13H2,1-6H3. The third-order valence-corrected chi connectivity index (χ3v) is 4.25. The highest BCUT2D eigenvalue weighted by Crippen LogP contribution is 2.11. The molecule has 0 radical (unpaired) electrons. The number of benzene rings is 1. The molecule has 0 fully saturated rings. The van der Waals surface area contributed by atoms with E-state index in [-0.39, 0.29) is 5.54 Å². The number of hydrogen-bond donors (Lipinski definition) is 1. The highest BCUT2D eigenvalue weighted by molar-refractivity contribution is 7.98. The van der Waals surface area contributed by atoms with Crippen molar-refractivity contribution in [2.45, 2.75) is 52.4 Å². The molecule has 1 aromatic carbocycles. The van der Waals surface area contributed by atoms with Gasteiger partial charge in [0.05, 0.1) is 0 Å². The van der Waals surface area contributed by atoms with E-state index >= 15 is 0 Å². The predicted octanol–water partition coefficient (Wildman–Crippen LogP) is 3.76. The second kappa shape index (κ2) is 8.06. The maximum absolute atomic E-state index is 3.52. The summed E-state index contributed by atoms with van der Waals surface area (Å²) in [6, 6.07) is 9.60. The quantitative estimate of drug-likeness (QED) is 0.824. The lowest BCUT2D eigenvalue weighted by Gasteiger charge is -2.24. The van der Waals surface area contributed by atoms with Gasteiger partial charge in [0.25, 0.3) is 0 Å². The molecule has 0 saturated heterocycles. The van der Waals surface area contributed by atoms with Crippen LogP contribution in [0.3, 0.4) is 0 Å². The Hall–Kier alpha value is -0.510. The second-order valence-electron chi connectivity index (χ2n) is 6.64. The van der Waals surface area contributed by atoms with Gasteiger partial charge in [-0.25, -0.2) is 0 Å². The van der Waals surface area contributed by atoms with Crippen LogP contribution in [0.4, 0.5) is 0 Å². The molecule has 0 aliphatic rings. The molecule has 0 saturated carbocycles. The molecule has 0 amide bonds. The van der Waals surface area contributed by atoms with Crippen LogP contribution in [0.15, 0.2) is 24.3 Å². The molecule has 1 rings (SSSR count). The molecule has 0 spiro atoms. The molecule has 20 heavy (non-hydrogen) atoms. The van der Waals surface area contributed by atoms with E-state index in [0.717, 1.165) is 13.1 Å². The number of nitrogens with zero attached hydrogens (tertiary/aromatic N) is 1. The fourth-order valence-electron chi connectivity index (χ4n) is 1.94. The summed E-state index contributed by atoms with van der Waals surface area (Å²) in [4.78, 5) is 2.42. The zero-order valence-corrected chi connectivity index (χ0v) is 14.7. The number of hydrogen-bond acceptors (Lipinski definition) is 3. The van der Waals surface area contributed by atoms with Gasteiger partial charge in [-0.1, -0.05) is 24.3 Å². The minimum Gasteiger partial charge on any atom is -0.308 e. The van der Waals surface area contributed by atoms with Crippen LogP contribution in [-0.4, -0.2) is 35.5 Å². The first kappa shape index (κ1) is 17.5. The van der Waals surface area contributed by atoms with Crippen molar-refractivity contribution in [3.63, 3.8) is 0 Å². The van der Waals surface area contributed by atoms with Gasteiger partial charge in [0, 0.05) is 30.4 Å². The highest BCUT2D eigenvalue weighted by atomic mass is 32.2. The Kier molecular flexibility index (Phi) is 7.07. The minimum absolute atomic E-state index is 0.173. The van der Waals surface area contributed by atoms with Gasteiger partial charge < -0.3 is 5.32 Å². The number of rotatable bonds is 7. The van der Waals surface area contributed by atoms with Gasteiger partial charge in [-0.2, -0.15) is 11.8 Å².